The van der Waals surface area contributed by atoms with E-state index in [0.29, 0.717) is 28.5 Å². The van der Waals surface area contributed by atoms with E-state index in [1.54, 1.807) is 30.5 Å². The van der Waals surface area contributed by atoms with Crippen LogP contribution in [0.1, 0.15) is 30.6 Å². The van der Waals surface area contributed by atoms with Gasteiger partial charge in [-0.15, -0.1) is 10.2 Å². The van der Waals surface area contributed by atoms with Crippen molar-refractivity contribution in [3.63, 3.8) is 0 Å². The normalized spacial score (nSPS) is 11.6. The molecule has 1 N–H and O–H groups in total. The number of nitrogens with one attached hydrogen (secondary N) is 1. The maximum Gasteiger partial charge on any atom is 0.237 e. The van der Waals surface area contributed by atoms with Crippen LogP contribution in [-0.4, -0.2) is 32.1 Å². The topological polar surface area (TPSA) is 84.8 Å². The third-order valence-electron chi connectivity index (χ3n) is 4.06. The quantitative estimate of drug-likeness (QED) is 0.478. The first kappa shape index (κ1) is 19.7. The molecule has 3 aromatic rings. The van der Waals surface area contributed by atoms with Gasteiger partial charge in [0.05, 0.1) is 11.4 Å². The lowest BCUT2D eigenvalue weighted by molar-refractivity contribution is -0.115. The van der Waals surface area contributed by atoms with Gasteiger partial charge in [-0.25, -0.2) is 4.98 Å². The van der Waals surface area contributed by atoms with Crippen molar-refractivity contribution in [1.29, 1.82) is 0 Å². The smallest absolute Gasteiger partial charge is 0.237 e. The van der Waals surface area contributed by atoms with Crippen LogP contribution in [0, 0.1) is 0 Å². The molecule has 0 fully saturated rings. The molecule has 1 aromatic heterocycles. The molecule has 1 atom stereocenters. The summed E-state index contributed by atoms with van der Waals surface area (Å²) < 4.78 is 0. The summed E-state index contributed by atoms with van der Waals surface area (Å²) in [5.41, 5.74) is 2.77. The molecule has 0 spiro atoms. The first-order valence-electron chi connectivity index (χ1n) is 8.90. The van der Waals surface area contributed by atoms with Gasteiger partial charge in [0.15, 0.2) is 5.78 Å². The Labute approximate surface area is 167 Å². The third-order valence-corrected chi connectivity index (χ3v) is 5.29. The maximum absolute atomic E-state index is 12.6. The number of rotatable bonds is 7. The number of hydrogen-bond donors (Lipinski definition) is 1. The highest BCUT2D eigenvalue weighted by Crippen LogP contribution is 2.24. The molecule has 1 amide bonds. The molecule has 0 aliphatic heterocycles. The average molecular weight is 392 g/mol. The minimum absolute atomic E-state index is 0.0458. The zero-order valence-corrected chi connectivity index (χ0v) is 16.4. The van der Waals surface area contributed by atoms with Crippen LogP contribution in [-0.2, 0) is 4.79 Å². The molecule has 1 heterocycles. The van der Waals surface area contributed by atoms with Crippen molar-refractivity contribution >= 4 is 29.1 Å². The van der Waals surface area contributed by atoms with Crippen LogP contribution in [0.25, 0.3) is 11.3 Å². The first-order chi connectivity index (χ1) is 13.6. The van der Waals surface area contributed by atoms with Gasteiger partial charge in [0, 0.05) is 16.8 Å². The van der Waals surface area contributed by atoms with Gasteiger partial charge in [0.25, 0.3) is 0 Å². The number of benzene rings is 2. The number of ketones is 1. The summed E-state index contributed by atoms with van der Waals surface area (Å²) in [4.78, 5) is 28.5. The highest BCUT2D eigenvalue weighted by atomic mass is 32.2. The first-order valence-corrected chi connectivity index (χ1v) is 9.78. The number of hydrogen-bond acceptors (Lipinski definition) is 6. The van der Waals surface area contributed by atoms with E-state index in [0.717, 1.165) is 5.56 Å². The number of anilines is 1. The van der Waals surface area contributed by atoms with Crippen molar-refractivity contribution in [3.05, 3.63) is 66.4 Å². The van der Waals surface area contributed by atoms with Gasteiger partial charge in [0.1, 0.15) is 5.69 Å². The fourth-order valence-corrected chi connectivity index (χ4v) is 3.34. The van der Waals surface area contributed by atoms with Crippen molar-refractivity contribution in [2.45, 2.75) is 30.7 Å². The third kappa shape index (κ3) is 5.01. The van der Waals surface area contributed by atoms with Crippen LogP contribution < -0.4 is 5.32 Å². The second kappa shape index (κ2) is 9.23. The summed E-state index contributed by atoms with van der Waals surface area (Å²) in [6.45, 7) is 3.42. The lowest BCUT2D eigenvalue weighted by Gasteiger charge is -2.14. The van der Waals surface area contributed by atoms with E-state index in [2.05, 4.69) is 20.5 Å². The van der Waals surface area contributed by atoms with Crippen LogP contribution in [0.4, 0.5) is 5.69 Å². The number of carbonyl (C=O) groups is 2. The number of aromatic nitrogens is 3. The zero-order valence-electron chi connectivity index (χ0n) is 15.6. The van der Waals surface area contributed by atoms with Crippen LogP contribution >= 0.6 is 11.8 Å². The summed E-state index contributed by atoms with van der Waals surface area (Å²) >= 11 is 1.27. The lowest BCUT2D eigenvalue weighted by atomic mass is 10.1. The second-order valence-corrected chi connectivity index (χ2v) is 7.30. The molecule has 0 aliphatic rings. The van der Waals surface area contributed by atoms with Crippen molar-refractivity contribution in [1.82, 2.24) is 15.2 Å². The van der Waals surface area contributed by atoms with Crippen LogP contribution in [0.5, 0.6) is 0 Å². The molecule has 142 valence electrons. The minimum Gasteiger partial charge on any atom is -0.325 e. The summed E-state index contributed by atoms with van der Waals surface area (Å²) in [7, 11) is 0. The molecule has 0 saturated carbocycles. The van der Waals surface area contributed by atoms with Gasteiger partial charge in [-0.05, 0) is 25.5 Å². The summed E-state index contributed by atoms with van der Waals surface area (Å²) in [6, 6.07) is 16.6. The van der Waals surface area contributed by atoms with E-state index >= 15 is 0 Å². The molecule has 0 radical (unpaired) electrons. The van der Waals surface area contributed by atoms with Gasteiger partial charge < -0.3 is 5.32 Å². The van der Waals surface area contributed by atoms with E-state index in [1.807, 2.05) is 37.3 Å². The zero-order chi connectivity index (χ0) is 19.9. The summed E-state index contributed by atoms with van der Waals surface area (Å²) in [5, 5.41) is 11.3. The van der Waals surface area contributed by atoms with E-state index in [9.17, 15) is 9.59 Å². The number of Topliss-reactive ketones (excluding diaryl/α,β-unsaturated/α-hetero) is 1. The monoisotopic (exact) mass is 392 g/mol. The SMILES string of the molecule is CC[C@H](Sc1ncc(-c2ccccc2)nn1)C(=O)Nc1cccc(C(C)=O)c1. The number of nitrogens with zero attached hydrogens (tertiary/aromatic N) is 3. The fraction of sp³-hybridized carbons (Fsp3) is 0.190. The molecule has 0 aliphatic carbocycles. The summed E-state index contributed by atoms with van der Waals surface area (Å²) in [6.07, 6.45) is 2.26. The molecule has 0 saturated heterocycles. The van der Waals surface area contributed by atoms with Gasteiger partial charge in [-0.2, -0.15) is 0 Å². The Bertz CT molecular complexity index is 962. The Morgan fingerprint density at radius 1 is 1.07 bits per heavy atom. The fourth-order valence-electron chi connectivity index (χ4n) is 2.55. The largest absolute Gasteiger partial charge is 0.325 e. The molecule has 7 heteroatoms. The molecule has 28 heavy (non-hydrogen) atoms. The number of carbonyl (C=O) groups excluding carboxylic acids is 2. The highest BCUT2D eigenvalue weighted by Gasteiger charge is 2.20. The Morgan fingerprint density at radius 3 is 2.50 bits per heavy atom. The second-order valence-electron chi connectivity index (χ2n) is 6.13. The molecule has 3 rings (SSSR count). The molecule has 0 unspecified atom stereocenters. The van der Waals surface area contributed by atoms with Crippen LogP contribution in [0.3, 0.4) is 0 Å². The molecule has 6 nitrogen and oxygen atoms in total. The van der Waals surface area contributed by atoms with E-state index < -0.39 is 0 Å². The van der Waals surface area contributed by atoms with Crippen molar-refractivity contribution in [3.8, 4) is 11.3 Å². The Hall–Kier alpha value is -3.06. The van der Waals surface area contributed by atoms with Crippen LogP contribution in [0.15, 0.2) is 66.0 Å². The Kier molecular flexibility index (Phi) is 6.49. The van der Waals surface area contributed by atoms with Gasteiger partial charge in [-0.1, -0.05) is 61.2 Å². The molecular formula is C21H20N4O2S. The molecular weight excluding hydrogens is 372 g/mol. The van der Waals surface area contributed by atoms with Gasteiger partial charge in [0.2, 0.25) is 11.1 Å². The average Bonchev–Trinajstić information content (AvgIpc) is 2.73. The predicted molar refractivity (Wildman–Crippen MR) is 110 cm³/mol. The predicted octanol–water partition coefficient (Wildman–Crippen LogP) is 4.25. The van der Waals surface area contributed by atoms with Crippen molar-refractivity contribution in [2.75, 3.05) is 5.32 Å². The van der Waals surface area contributed by atoms with Gasteiger partial charge in [-0.3, -0.25) is 9.59 Å². The van der Waals surface area contributed by atoms with Gasteiger partial charge >= 0.3 is 0 Å². The van der Waals surface area contributed by atoms with E-state index in [4.69, 9.17) is 0 Å². The Balaban J connectivity index is 1.67. The van der Waals surface area contributed by atoms with E-state index in [-0.39, 0.29) is 16.9 Å². The number of thioether (sulfide) groups is 1. The molecule has 2 aromatic carbocycles. The lowest BCUT2D eigenvalue weighted by Crippen LogP contribution is -2.25. The van der Waals surface area contributed by atoms with Crippen molar-refractivity contribution in [2.24, 2.45) is 0 Å². The van der Waals surface area contributed by atoms with Crippen LogP contribution in [0.2, 0.25) is 0 Å². The Morgan fingerprint density at radius 2 is 1.86 bits per heavy atom. The summed E-state index contributed by atoms with van der Waals surface area (Å²) in [5.74, 6) is -0.209. The maximum atomic E-state index is 12.6. The minimum atomic E-state index is -0.370. The highest BCUT2D eigenvalue weighted by molar-refractivity contribution is 8.00. The van der Waals surface area contributed by atoms with Crippen molar-refractivity contribution < 1.29 is 9.59 Å². The van der Waals surface area contributed by atoms with E-state index in [1.165, 1.54) is 18.7 Å². The standard InChI is InChI=1S/C21H20N4O2S/c1-3-19(20(27)23-17-11-7-10-16(12-17)14(2)26)28-21-22-13-18(24-25-21)15-8-5-4-6-9-15/h4-13,19H,3H2,1-2H3,(H,23,27)/t19-/m0/s1. The molecule has 0 bridgehead atoms. The number of amides is 1.